The van der Waals surface area contributed by atoms with Crippen LogP contribution in [0.1, 0.15) is 22.3 Å². The Labute approximate surface area is 192 Å². The summed E-state index contributed by atoms with van der Waals surface area (Å²) in [5.74, 6) is 0. The quantitative estimate of drug-likeness (QED) is 0.336. The number of benzene rings is 2. The largest absolute Gasteiger partial charge is 0.347 e. The van der Waals surface area contributed by atoms with E-state index in [1.807, 2.05) is 17.0 Å². The molecular formula is C28H27N5. The molecule has 0 bridgehead atoms. The number of aryl methyl sites for hydroxylation is 6. The Morgan fingerprint density at radius 2 is 1.55 bits per heavy atom. The van der Waals surface area contributed by atoms with Gasteiger partial charge in [0.05, 0.1) is 29.1 Å². The van der Waals surface area contributed by atoms with Crippen LogP contribution in [-0.4, -0.2) is 23.7 Å². The number of pyridine rings is 1. The van der Waals surface area contributed by atoms with Gasteiger partial charge in [0.1, 0.15) is 0 Å². The standard InChI is InChI=1S/C28H27N5/c1-20-3-6-25-28(15-20)32(19-29-25)12-8-22-4-5-24-10-13-31(27(24)17-22)11-7-23-9-14-33-26(16-23)21(2)18-30-33/h3-6,9-10,13-19H,7-8,11-12H2,1-2H3. The van der Waals surface area contributed by atoms with Crippen molar-refractivity contribution in [1.82, 2.24) is 23.7 Å². The third-order valence-corrected chi connectivity index (χ3v) is 6.68. The molecule has 164 valence electrons. The summed E-state index contributed by atoms with van der Waals surface area (Å²) in [6.07, 6.45) is 10.1. The van der Waals surface area contributed by atoms with Crippen LogP contribution < -0.4 is 0 Å². The summed E-state index contributed by atoms with van der Waals surface area (Å²) < 4.78 is 6.59. The fraction of sp³-hybridized carbons (Fsp3) is 0.214. The van der Waals surface area contributed by atoms with Crippen molar-refractivity contribution in [1.29, 1.82) is 0 Å². The van der Waals surface area contributed by atoms with Crippen molar-refractivity contribution < 1.29 is 0 Å². The number of aromatic nitrogens is 5. The van der Waals surface area contributed by atoms with Crippen molar-refractivity contribution in [3.63, 3.8) is 0 Å². The number of rotatable bonds is 6. The molecule has 4 aromatic heterocycles. The smallest absolute Gasteiger partial charge is 0.0958 e. The maximum Gasteiger partial charge on any atom is 0.0958 e. The zero-order valence-electron chi connectivity index (χ0n) is 19.1. The molecule has 6 aromatic rings. The van der Waals surface area contributed by atoms with E-state index in [0.717, 1.165) is 31.4 Å². The van der Waals surface area contributed by atoms with E-state index < -0.39 is 0 Å². The van der Waals surface area contributed by atoms with Gasteiger partial charge in [0.2, 0.25) is 0 Å². The molecule has 6 rings (SSSR count). The van der Waals surface area contributed by atoms with Gasteiger partial charge in [-0.05, 0) is 90.7 Å². The maximum absolute atomic E-state index is 4.56. The Morgan fingerprint density at radius 1 is 0.727 bits per heavy atom. The molecule has 0 N–H and O–H groups in total. The van der Waals surface area contributed by atoms with Crippen molar-refractivity contribution in [2.45, 2.75) is 39.8 Å². The van der Waals surface area contributed by atoms with Gasteiger partial charge in [-0.3, -0.25) is 0 Å². The Balaban J connectivity index is 1.20. The van der Waals surface area contributed by atoms with Crippen molar-refractivity contribution in [2.24, 2.45) is 0 Å². The predicted molar refractivity (Wildman–Crippen MR) is 134 cm³/mol. The van der Waals surface area contributed by atoms with E-state index in [0.29, 0.717) is 0 Å². The minimum atomic E-state index is 0.927. The Kier molecular flexibility index (Phi) is 4.75. The number of fused-ring (bicyclic) bond motifs is 3. The molecule has 0 atom stereocenters. The van der Waals surface area contributed by atoms with Crippen molar-refractivity contribution in [2.75, 3.05) is 0 Å². The van der Waals surface area contributed by atoms with E-state index in [2.05, 4.69) is 100 Å². The van der Waals surface area contributed by atoms with Gasteiger partial charge in [0.15, 0.2) is 0 Å². The first-order valence-electron chi connectivity index (χ1n) is 11.6. The third kappa shape index (κ3) is 3.69. The number of hydrogen-bond donors (Lipinski definition) is 0. The molecule has 0 unspecified atom stereocenters. The second-order valence-electron chi connectivity index (χ2n) is 9.02. The second kappa shape index (κ2) is 7.93. The predicted octanol–water partition coefficient (Wildman–Crippen LogP) is 5.74. The van der Waals surface area contributed by atoms with Gasteiger partial charge in [-0.2, -0.15) is 5.10 Å². The minimum absolute atomic E-state index is 0.927. The third-order valence-electron chi connectivity index (χ3n) is 6.68. The van der Waals surface area contributed by atoms with Crippen molar-refractivity contribution in [3.8, 4) is 0 Å². The average molecular weight is 434 g/mol. The topological polar surface area (TPSA) is 40.0 Å². The van der Waals surface area contributed by atoms with Gasteiger partial charge in [-0.1, -0.05) is 18.2 Å². The van der Waals surface area contributed by atoms with Crippen LogP contribution in [-0.2, 0) is 25.9 Å². The zero-order chi connectivity index (χ0) is 22.4. The van der Waals surface area contributed by atoms with Gasteiger partial charge in [0.25, 0.3) is 0 Å². The molecule has 0 fully saturated rings. The van der Waals surface area contributed by atoms with E-state index in [9.17, 15) is 0 Å². The van der Waals surface area contributed by atoms with Gasteiger partial charge < -0.3 is 9.13 Å². The zero-order valence-corrected chi connectivity index (χ0v) is 19.1. The molecule has 0 aliphatic rings. The van der Waals surface area contributed by atoms with Gasteiger partial charge in [-0.15, -0.1) is 0 Å². The van der Waals surface area contributed by atoms with Crippen LogP contribution >= 0.6 is 0 Å². The van der Waals surface area contributed by atoms with Crippen LogP contribution in [0.3, 0.4) is 0 Å². The van der Waals surface area contributed by atoms with Crippen LogP contribution in [0.25, 0.3) is 27.5 Å². The summed E-state index contributed by atoms with van der Waals surface area (Å²) in [7, 11) is 0. The summed E-state index contributed by atoms with van der Waals surface area (Å²) in [5, 5.41) is 5.68. The molecule has 33 heavy (non-hydrogen) atoms. The van der Waals surface area contributed by atoms with E-state index in [-0.39, 0.29) is 0 Å². The molecular weight excluding hydrogens is 406 g/mol. The first kappa shape index (κ1) is 19.8. The molecule has 4 heterocycles. The van der Waals surface area contributed by atoms with Gasteiger partial charge in [-0.25, -0.2) is 9.50 Å². The van der Waals surface area contributed by atoms with Gasteiger partial charge >= 0.3 is 0 Å². The SMILES string of the molecule is Cc1ccc2ncn(CCc3ccc4ccn(CCc5ccn6ncc(C)c6c5)c4c3)c2c1. The normalized spacial score (nSPS) is 11.8. The maximum atomic E-state index is 4.56. The van der Waals surface area contributed by atoms with Gasteiger partial charge in [0, 0.05) is 31.0 Å². The van der Waals surface area contributed by atoms with Crippen molar-refractivity contribution in [3.05, 3.63) is 102 Å². The monoisotopic (exact) mass is 433 g/mol. The lowest BCUT2D eigenvalue weighted by atomic mass is 10.1. The van der Waals surface area contributed by atoms with Crippen LogP contribution in [0.2, 0.25) is 0 Å². The Bertz CT molecular complexity index is 1600. The van der Waals surface area contributed by atoms with E-state index in [1.54, 1.807) is 0 Å². The highest BCUT2D eigenvalue weighted by Gasteiger charge is 2.07. The Morgan fingerprint density at radius 3 is 2.45 bits per heavy atom. The fourth-order valence-corrected chi connectivity index (χ4v) is 4.73. The lowest BCUT2D eigenvalue weighted by molar-refractivity contribution is 0.711. The first-order valence-corrected chi connectivity index (χ1v) is 11.6. The fourth-order valence-electron chi connectivity index (χ4n) is 4.73. The molecule has 0 aliphatic carbocycles. The second-order valence-corrected chi connectivity index (χ2v) is 9.02. The van der Waals surface area contributed by atoms with Crippen LogP contribution in [0.4, 0.5) is 0 Å². The van der Waals surface area contributed by atoms with Crippen LogP contribution in [0.15, 0.2) is 79.5 Å². The molecule has 5 nitrogen and oxygen atoms in total. The average Bonchev–Trinajstić information content (AvgIpc) is 3.53. The summed E-state index contributed by atoms with van der Waals surface area (Å²) in [6, 6.07) is 20.0. The summed E-state index contributed by atoms with van der Waals surface area (Å²) >= 11 is 0. The highest BCUT2D eigenvalue weighted by atomic mass is 15.2. The van der Waals surface area contributed by atoms with E-state index in [1.165, 1.54) is 44.2 Å². The molecule has 0 amide bonds. The summed E-state index contributed by atoms with van der Waals surface area (Å²) in [5.41, 5.74) is 9.95. The molecule has 0 spiro atoms. The minimum Gasteiger partial charge on any atom is -0.347 e. The molecule has 0 aliphatic heterocycles. The summed E-state index contributed by atoms with van der Waals surface area (Å²) in [4.78, 5) is 4.56. The number of hydrogen-bond acceptors (Lipinski definition) is 2. The lowest BCUT2D eigenvalue weighted by Crippen LogP contribution is -2.02. The highest BCUT2D eigenvalue weighted by molar-refractivity contribution is 5.81. The molecule has 5 heteroatoms. The summed E-state index contributed by atoms with van der Waals surface area (Å²) in [6.45, 7) is 6.13. The Hall–Kier alpha value is -3.86. The van der Waals surface area contributed by atoms with Crippen LogP contribution in [0.5, 0.6) is 0 Å². The van der Waals surface area contributed by atoms with E-state index >= 15 is 0 Å². The molecule has 0 saturated heterocycles. The van der Waals surface area contributed by atoms with Crippen molar-refractivity contribution >= 4 is 27.5 Å². The molecule has 2 aromatic carbocycles. The van der Waals surface area contributed by atoms with E-state index in [4.69, 9.17) is 0 Å². The van der Waals surface area contributed by atoms with Crippen LogP contribution in [0, 0.1) is 13.8 Å². The number of nitrogens with zero attached hydrogens (tertiary/aromatic N) is 5. The molecule has 0 radical (unpaired) electrons. The number of imidazole rings is 1. The highest BCUT2D eigenvalue weighted by Crippen LogP contribution is 2.21. The first-order chi connectivity index (χ1) is 16.1. The lowest BCUT2D eigenvalue weighted by Gasteiger charge is -2.09. The molecule has 0 saturated carbocycles.